The highest BCUT2D eigenvalue weighted by atomic mass is 16.6. The molecular weight excluding hydrogens is 456 g/mol. The lowest BCUT2D eigenvalue weighted by Gasteiger charge is -2.63. The third-order valence-electron chi connectivity index (χ3n) is 12.0. The highest BCUT2D eigenvalue weighted by Crippen LogP contribution is 2.70. The monoisotopic (exact) mass is 500 g/mol. The zero-order valence-electron chi connectivity index (χ0n) is 22.3. The second-order valence-corrected chi connectivity index (χ2v) is 13.4. The van der Waals surface area contributed by atoms with Crippen molar-refractivity contribution in [2.24, 2.45) is 34.5 Å². The predicted molar refractivity (Wildman–Crippen MR) is 135 cm³/mol. The van der Waals surface area contributed by atoms with Gasteiger partial charge in [-0.1, -0.05) is 13.8 Å². The molecule has 5 fully saturated rings. The molecule has 7 nitrogen and oxygen atoms in total. The van der Waals surface area contributed by atoms with Gasteiger partial charge >= 0.3 is 12.1 Å². The van der Waals surface area contributed by atoms with E-state index in [0.717, 1.165) is 89.5 Å². The standard InChI is InChI=1S/C29H44N2O5/c1-27-9-6-21(36-26(33)31-14-12-30(3)13-15-31)17-20(27)4-5-24-23(27)7-10-28(2)22(8-11-29(24,28)34)19-16-25(32)35-18-19/h16,20-24,34H,4-15,17-18H2,1-3H3/t20-,21+,22-,23+,24-,27+,28-,29+/m1/s1. The number of hydrogen-bond acceptors (Lipinski definition) is 6. The summed E-state index contributed by atoms with van der Waals surface area (Å²) in [4.78, 5) is 28.7. The van der Waals surface area contributed by atoms with E-state index in [9.17, 15) is 14.7 Å². The van der Waals surface area contributed by atoms with Gasteiger partial charge < -0.3 is 24.4 Å². The van der Waals surface area contributed by atoms with Crippen LogP contribution < -0.4 is 0 Å². The molecule has 0 unspecified atom stereocenters. The molecule has 6 aliphatic rings. The molecule has 0 aromatic rings. The van der Waals surface area contributed by atoms with Gasteiger partial charge in [0.1, 0.15) is 12.7 Å². The number of nitrogens with zero attached hydrogens (tertiary/aromatic N) is 2. The molecule has 1 amide bonds. The number of aliphatic hydroxyl groups is 1. The van der Waals surface area contributed by atoms with Crippen LogP contribution in [0.15, 0.2) is 11.6 Å². The molecule has 0 aromatic heterocycles. The Morgan fingerprint density at radius 3 is 2.53 bits per heavy atom. The minimum Gasteiger partial charge on any atom is -0.458 e. The lowest BCUT2D eigenvalue weighted by Crippen LogP contribution is -2.62. The van der Waals surface area contributed by atoms with Crippen molar-refractivity contribution in [3.63, 3.8) is 0 Å². The van der Waals surface area contributed by atoms with Gasteiger partial charge in [-0.05, 0) is 99.5 Å². The molecule has 0 spiro atoms. The third-order valence-corrected chi connectivity index (χ3v) is 12.0. The largest absolute Gasteiger partial charge is 0.458 e. The molecule has 4 saturated carbocycles. The average Bonchev–Trinajstić information content (AvgIpc) is 3.39. The SMILES string of the molecule is CN1CCN(C(=O)O[C@H]2CC[C@@]3(C)[C@H](CC[C@@H]4[C@@H]3CC[C@]3(C)[C@@H](C5=CC(=O)OC5)CC[C@]43O)C2)CC1. The van der Waals surface area contributed by atoms with Gasteiger partial charge in [-0.3, -0.25) is 0 Å². The first-order valence-electron chi connectivity index (χ1n) is 14.4. The van der Waals surface area contributed by atoms with E-state index in [1.54, 1.807) is 6.08 Å². The van der Waals surface area contributed by atoms with E-state index < -0.39 is 5.60 Å². The number of carbonyl (C=O) groups is 2. The minimum absolute atomic E-state index is 0.0198. The zero-order chi connectivity index (χ0) is 25.3. The van der Waals surface area contributed by atoms with Crippen LogP contribution in [0.4, 0.5) is 4.79 Å². The third kappa shape index (κ3) is 3.66. The van der Waals surface area contributed by atoms with Crippen molar-refractivity contribution in [1.29, 1.82) is 0 Å². The number of fused-ring (bicyclic) bond motifs is 5. The first-order chi connectivity index (χ1) is 17.1. The second kappa shape index (κ2) is 8.72. The number of amides is 1. The lowest BCUT2D eigenvalue weighted by molar-refractivity contribution is -0.208. The quantitative estimate of drug-likeness (QED) is 0.578. The van der Waals surface area contributed by atoms with Crippen LogP contribution in [0.1, 0.15) is 71.6 Å². The van der Waals surface area contributed by atoms with Gasteiger partial charge in [0.05, 0.1) is 5.60 Å². The molecule has 6 rings (SSSR count). The van der Waals surface area contributed by atoms with Gasteiger partial charge in [0, 0.05) is 37.7 Å². The van der Waals surface area contributed by atoms with E-state index in [4.69, 9.17) is 9.47 Å². The highest BCUT2D eigenvalue weighted by molar-refractivity contribution is 5.85. The summed E-state index contributed by atoms with van der Waals surface area (Å²) in [6.45, 7) is 8.48. The van der Waals surface area contributed by atoms with Crippen molar-refractivity contribution in [1.82, 2.24) is 9.80 Å². The first kappa shape index (κ1) is 24.7. The van der Waals surface area contributed by atoms with E-state index in [2.05, 4.69) is 25.8 Å². The van der Waals surface area contributed by atoms with Crippen LogP contribution in [0.5, 0.6) is 0 Å². The summed E-state index contributed by atoms with van der Waals surface area (Å²) in [7, 11) is 2.10. The number of hydrogen-bond donors (Lipinski definition) is 1. The van der Waals surface area contributed by atoms with Crippen molar-refractivity contribution < 1.29 is 24.2 Å². The van der Waals surface area contributed by atoms with Crippen molar-refractivity contribution in [3.8, 4) is 0 Å². The fourth-order valence-corrected chi connectivity index (χ4v) is 9.68. The zero-order valence-corrected chi connectivity index (χ0v) is 22.3. The van der Waals surface area contributed by atoms with Crippen LogP contribution >= 0.6 is 0 Å². The molecule has 8 atom stereocenters. The Labute approximate surface area is 215 Å². The number of carbonyl (C=O) groups excluding carboxylic acids is 2. The van der Waals surface area contributed by atoms with Gasteiger partial charge in [-0.2, -0.15) is 0 Å². The topological polar surface area (TPSA) is 79.3 Å². The Morgan fingerprint density at radius 1 is 1.03 bits per heavy atom. The average molecular weight is 501 g/mol. The maximum absolute atomic E-state index is 12.8. The molecule has 2 aliphatic heterocycles. The molecule has 1 saturated heterocycles. The molecule has 1 N–H and O–H groups in total. The number of ether oxygens (including phenoxy) is 2. The molecule has 36 heavy (non-hydrogen) atoms. The molecular formula is C29H44N2O5. The Morgan fingerprint density at radius 2 is 1.81 bits per heavy atom. The molecule has 2 heterocycles. The fraction of sp³-hybridized carbons (Fsp3) is 0.862. The van der Waals surface area contributed by atoms with Crippen LogP contribution in [0.3, 0.4) is 0 Å². The van der Waals surface area contributed by atoms with E-state index in [1.807, 2.05) is 4.90 Å². The predicted octanol–water partition coefficient (Wildman–Crippen LogP) is 4.00. The normalized spacial score (nSPS) is 46.9. The number of esters is 1. The van der Waals surface area contributed by atoms with E-state index in [-0.39, 0.29) is 34.9 Å². The number of cyclic esters (lactones) is 1. The summed E-state index contributed by atoms with van der Waals surface area (Å²) in [5.74, 6) is 1.39. The fourth-order valence-electron chi connectivity index (χ4n) is 9.68. The molecule has 200 valence electrons. The summed E-state index contributed by atoms with van der Waals surface area (Å²) >= 11 is 0. The van der Waals surface area contributed by atoms with Crippen LogP contribution in [0.25, 0.3) is 0 Å². The van der Waals surface area contributed by atoms with Gasteiger partial charge in [-0.25, -0.2) is 9.59 Å². The number of rotatable bonds is 2. The maximum atomic E-state index is 12.8. The first-order valence-corrected chi connectivity index (χ1v) is 14.4. The van der Waals surface area contributed by atoms with Crippen molar-refractivity contribution in [3.05, 3.63) is 11.6 Å². The molecule has 0 bridgehead atoms. The van der Waals surface area contributed by atoms with Crippen molar-refractivity contribution >= 4 is 12.1 Å². The maximum Gasteiger partial charge on any atom is 0.410 e. The van der Waals surface area contributed by atoms with Gasteiger partial charge in [0.2, 0.25) is 0 Å². The van der Waals surface area contributed by atoms with Crippen LogP contribution in [-0.4, -0.2) is 78.5 Å². The Balaban J connectivity index is 1.14. The molecule has 0 aromatic carbocycles. The van der Waals surface area contributed by atoms with Gasteiger partial charge in [-0.15, -0.1) is 0 Å². The molecule has 4 aliphatic carbocycles. The van der Waals surface area contributed by atoms with E-state index in [1.165, 1.54) is 0 Å². The van der Waals surface area contributed by atoms with Crippen LogP contribution in [-0.2, 0) is 14.3 Å². The highest BCUT2D eigenvalue weighted by Gasteiger charge is 2.67. The summed E-state index contributed by atoms with van der Waals surface area (Å²) < 4.78 is 11.3. The van der Waals surface area contributed by atoms with Gasteiger partial charge in [0.15, 0.2) is 0 Å². The molecule has 7 heteroatoms. The van der Waals surface area contributed by atoms with Crippen LogP contribution in [0.2, 0.25) is 0 Å². The Hall–Kier alpha value is -1.60. The van der Waals surface area contributed by atoms with E-state index in [0.29, 0.717) is 24.4 Å². The van der Waals surface area contributed by atoms with Crippen molar-refractivity contribution in [2.45, 2.75) is 83.3 Å². The van der Waals surface area contributed by atoms with Crippen molar-refractivity contribution in [2.75, 3.05) is 39.8 Å². The molecule has 0 radical (unpaired) electrons. The second-order valence-electron chi connectivity index (χ2n) is 13.4. The minimum atomic E-state index is -0.675. The van der Waals surface area contributed by atoms with Crippen LogP contribution in [0, 0.1) is 34.5 Å². The summed E-state index contributed by atoms with van der Waals surface area (Å²) in [6, 6.07) is 0. The number of piperazine rings is 1. The smallest absolute Gasteiger partial charge is 0.410 e. The van der Waals surface area contributed by atoms with E-state index >= 15 is 0 Å². The number of likely N-dealkylation sites (N-methyl/N-ethyl adjacent to an activating group) is 1. The Kier molecular flexibility index (Phi) is 5.99. The summed E-state index contributed by atoms with van der Waals surface area (Å²) in [6.07, 6.45) is 10.6. The van der Waals surface area contributed by atoms with Gasteiger partial charge in [0.25, 0.3) is 0 Å². The summed E-state index contributed by atoms with van der Waals surface area (Å²) in [5, 5.41) is 12.4. The Bertz CT molecular complexity index is 944. The lowest BCUT2D eigenvalue weighted by atomic mass is 9.43. The summed E-state index contributed by atoms with van der Waals surface area (Å²) in [5.41, 5.74) is 0.429.